The lowest BCUT2D eigenvalue weighted by molar-refractivity contribution is -0.121. The molecule has 0 bridgehead atoms. The zero-order chi connectivity index (χ0) is 22.9. The van der Waals surface area contributed by atoms with E-state index in [2.05, 4.69) is 5.32 Å². The minimum atomic E-state index is -2.84. The maximum absolute atomic E-state index is 14.1. The third kappa shape index (κ3) is 4.74. The van der Waals surface area contributed by atoms with Gasteiger partial charge in [0, 0.05) is 42.7 Å². The van der Waals surface area contributed by atoms with Gasteiger partial charge in [-0.2, -0.15) is 0 Å². The van der Waals surface area contributed by atoms with E-state index >= 15 is 0 Å². The number of halogens is 3. The largest absolute Gasteiger partial charge is 0.326 e. The fraction of sp³-hybridized carbons (Fsp3) is 0.417. The first-order valence-electron chi connectivity index (χ1n) is 10.8. The first kappa shape index (κ1) is 22.2. The van der Waals surface area contributed by atoms with E-state index in [1.165, 1.54) is 11.0 Å². The molecule has 1 N–H and O–H groups in total. The van der Waals surface area contributed by atoms with Crippen molar-refractivity contribution in [2.24, 2.45) is 5.92 Å². The SMILES string of the molecule is CC1CC(F)(F)CN1C(=O)N1CCC(C(=O)Nc2cccc(-c3ccccc3F)c2)CC1. The van der Waals surface area contributed by atoms with Crippen molar-refractivity contribution in [3.8, 4) is 11.1 Å². The zero-order valence-corrected chi connectivity index (χ0v) is 17.9. The summed E-state index contributed by atoms with van der Waals surface area (Å²) >= 11 is 0. The average molecular weight is 445 g/mol. The van der Waals surface area contributed by atoms with Gasteiger partial charge in [-0.05, 0) is 43.5 Å². The Morgan fingerprint density at radius 3 is 2.44 bits per heavy atom. The standard InChI is InChI=1S/C24H26F3N3O2/c1-16-14-24(26,27)15-30(16)23(32)29-11-9-17(10-12-29)22(31)28-19-6-4-5-18(13-19)20-7-2-3-8-21(20)25/h2-8,13,16-17H,9-12,14-15H2,1H3,(H,28,31). The van der Waals surface area contributed by atoms with Crippen LogP contribution in [0.1, 0.15) is 26.2 Å². The lowest BCUT2D eigenvalue weighted by Crippen LogP contribution is -2.49. The van der Waals surface area contributed by atoms with Crippen molar-refractivity contribution in [2.45, 2.75) is 38.2 Å². The number of amides is 3. The lowest BCUT2D eigenvalue weighted by atomic mass is 9.95. The van der Waals surface area contributed by atoms with Crippen LogP contribution in [-0.2, 0) is 4.79 Å². The number of urea groups is 1. The zero-order valence-electron chi connectivity index (χ0n) is 17.9. The second-order valence-corrected chi connectivity index (χ2v) is 8.63. The monoisotopic (exact) mass is 445 g/mol. The molecule has 0 spiro atoms. The molecule has 32 heavy (non-hydrogen) atoms. The molecule has 0 aliphatic carbocycles. The Labute approximate surface area is 185 Å². The predicted octanol–water partition coefficient (Wildman–Crippen LogP) is 4.99. The predicted molar refractivity (Wildman–Crippen MR) is 116 cm³/mol. The number of hydrogen-bond acceptors (Lipinski definition) is 2. The van der Waals surface area contributed by atoms with E-state index in [9.17, 15) is 22.8 Å². The van der Waals surface area contributed by atoms with Gasteiger partial charge in [-0.25, -0.2) is 18.0 Å². The van der Waals surface area contributed by atoms with Crippen molar-refractivity contribution >= 4 is 17.6 Å². The van der Waals surface area contributed by atoms with E-state index in [1.54, 1.807) is 54.3 Å². The van der Waals surface area contributed by atoms with Crippen LogP contribution in [0.2, 0.25) is 0 Å². The summed E-state index contributed by atoms with van der Waals surface area (Å²) in [5.41, 5.74) is 1.69. The molecule has 170 valence electrons. The molecule has 0 aromatic heterocycles. The molecule has 3 amide bonds. The van der Waals surface area contributed by atoms with Crippen molar-refractivity contribution in [1.82, 2.24) is 9.80 Å². The topological polar surface area (TPSA) is 52.7 Å². The van der Waals surface area contributed by atoms with E-state index in [0.717, 1.165) is 0 Å². The van der Waals surface area contributed by atoms with Crippen molar-refractivity contribution in [2.75, 3.05) is 25.0 Å². The highest BCUT2D eigenvalue weighted by Crippen LogP contribution is 2.33. The second-order valence-electron chi connectivity index (χ2n) is 8.63. The fourth-order valence-electron chi connectivity index (χ4n) is 4.49. The minimum Gasteiger partial charge on any atom is -0.326 e. The molecule has 5 nitrogen and oxygen atoms in total. The number of piperidine rings is 1. The van der Waals surface area contributed by atoms with Crippen LogP contribution < -0.4 is 5.32 Å². The molecule has 0 saturated carbocycles. The summed E-state index contributed by atoms with van der Waals surface area (Å²) in [6, 6.07) is 12.6. The van der Waals surface area contributed by atoms with E-state index < -0.39 is 18.5 Å². The van der Waals surface area contributed by atoms with Gasteiger partial charge < -0.3 is 15.1 Å². The summed E-state index contributed by atoms with van der Waals surface area (Å²) in [5, 5.41) is 2.88. The molecular weight excluding hydrogens is 419 g/mol. The summed E-state index contributed by atoms with van der Waals surface area (Å²) < 4.78 is 41.3. The summed E-state index contributed by atoms with van der Waals surface area (Å²) in [7, 11) is 0. The Hall–Kier alpha value is -3.03. The molecule has 2 fully saturated rings. The number of anilines is 1. The van der Waals surface area contributed by atoms with Gasteiger partial charge >= 0.3 is 6.03 Å². The van der Waals surface area contributed by atoms with Crippen LogP contribution in [0.15, 0.2) is 48.5 Å². The van der Waals surface area contributed by atoms with Crippen molar-refractivity contribution in [1.29, 1.82) is 0 Å². The van der Waals surface area contributed by atoms with E-state index in [1.807, 2.05) is 0 Å². The van der Waals surface area contributed by atoms with Gasteiger partial charge in [0.1, 0.15) is 5.82 Å². The Balaban J connectivity index is 1.34. The van der Waals surface area contributed by atoms with Gasteiger partial charge in [0.25, 0.3) is 5.92 Å². The summed E-state index contributed by atoms with van der Waals surface area (Å²) in [5.74, 6) is -3.62. The van der Waals surface area contributed by atoms with Crippen LogP contribution in [0.4, 0.5) is 23.7 Å². The minimum absolute atomic E-state index is 0.163. The Morgan fingerprint density at radius 2 is 1.78 bits per heavy atom. The number of benzene rings is 2. The van der Waals surface area contributed by atoms with Crippen LogP contribution in [0.5, 0.6) is 0 Å². The molecule has 2 aliphatic heterocycles. The molecule has 1 atom stereocenters. The first-order chi connectivity index (χ1) is 15.2. The Kier molecular flexibility index (Phi) is 6.13. The van der Waals surface area contributed by atoms with Gasteiger partial charge in [-0.1, -0.05) is 30.3 Å². The normalized spacial score (nSPS) is 20.9. The molecule has 2 heterocycles. The summed E-state index contributed by atoms with van der Waals surface area (Å²) in [6.45, 7) is 1.78. The molecule has 2 aromatic rings. The summed E-state index contributed by atoms with van der Waals surface area (Å²) in [4.78, 5) is 28.2. The maximum atomic E-state index is 14.1. The number of carbonyl (C=O) groups excluding carboxylic acids is 2. The van der Waals surface area contributed by atoms with Crippen LogP contribution in [-0.4, -0.2) is 53.3 Å². The van der Waals surface area contributed by atoms with Gasteiger partial charge in [0.05, 0.1) is 6.54 Å². The lowest BCUT2D eigenvalue weighted by Gasteiger charge is -2.35. The molecule has 0 radical (unpaired) electrons. The molecular formula is C24H26F3N3O2. The van der Waals surface area contributed by atoms with Gasteiger partial charge in [-0.3, -0.25) is 4.79 Å². The number of nitrogens with one attached hydrogen (secondary N) is 1. The maximum Gasteiger partial charge on any atom is 0.320 e. The smallest absolute Gasteiger partial charge is 0.320 e. The van der Waals surface area contributed by atoms with Crippen molar-refractivity contribution in [3.05, 3.63) is 54.3 Å². The summed E-state index contributed by atoms with van der Waals surface area (Å²) in [6.07, 6.45) is 0.607. The average Bonchev–Trinajstić information content (AvgIpc) is 3.06. The quantitative estimate of drug-likeness (QED) is 0.724. The highest BCUT2D eigenvalue weighted by atomic mass is 19.3. The van der Waals surface area contributed by atoms with E-state index in [0.29, 0.717) is 42.7 Å². The van der Waals surface area contributed by atoms with Crippen LogP contribution in [0.25, 0.3) is 11.1 Å². The first-order valence-corrected chi connectivity index (χ1v) is 10.8. The highest BCUT2D eigenvalue weighted by Gasteiger charge is 2.46. The number of hydrogen-bond donors (Lipinski definition) is 1. The highest BCUT2D eigenvalue weighted by molar-refractivity contribution is 5.93. The van der Waals surface area contributed by atoms with Crippen LogP contribution in [0, 0.1) is 11.7 Å². The molecule has 2 saturated heterocycles. The molecule has 2 aromatic carbocycles. The molecule has 2 aliphatic rings. The van der Waals surface area contributed by atoms with Gasteiger partial charge in [-0.15, -0.1) is 0 Å². The van der Waals surface area contributed by atoms with Crippen molar-refractivity contribution < 1.29 is 22.8 Å². The number of likely N-dealkylation sites (tertiary alicyclic amines) is 2. The number of carbonyl (C=O) groups is 2. The molecule has 4 rings (SSSR count). The van der Waals surface area contributed by atoms with E-state index in [4.69, 9.17) is 0 Å². The molecule has 8 heteroatoms. The third-order valence-electron chi connectivity index (χ3n) is 6.22. The number of alkyl halides is 2. The second kappa shape index (κ2) is 8.84. The van der Waals surface area contributed by atoms with Crippen LogP contribution >= 0.6 is 0 Å². The Morgan fingerprint density at radius 1 is 1.06 bits per heavy atom. The number of rotatable bonds is 3. The van der Waals surface area contributed by atoms with Gasteiger partial charge in [0.15, 0.2) is 0 Å². The molecule has 1 unspecified atom stereocenters. The van der Waals surface area contributed by atoms with Crippen molar-refractivity contribution in [3.63, 3.8) is 0 Å². The van der Waals surface area contributed by atoms with Gasteiger partial charge in [0.2, 0.25) is 5.91 Å². The third-order valence-corrected chi connectivity index (χ3v) is 6.22. The van der Waals surface area contributed by atoms with Crippen LogP contribution in [0.3, 0.4) is 0 Å². The number of nitrogens with zero attached hydrogens (tertiary/aromatic N) is 2. The fourth-order valence-corrected chi connectivity index (χ4v) is 4.49. The van der Waals surface area contributed by atoms with E-state index in [-0.39, 0.29) is 30.1 Å². The Bertz CT molecular complexity index is 1010.